The lowest BCUT2D eigenvalue weighted by molar-refractivity contribution is -0.141. The molecule has 0 aliphatic heterocycles. The minimum Gasteiger partial charge on any atom is -0.503 e. The van der Waals surface area contributed by atoms with Gasteiger partial charge in [-0.25, -0.2) is 9.78 Å². The van der Waals surface area contributed by atoms with Crippen molar-refractivity contribution < 1.29 is 32.2 Å². The van der Waals surface area contributed by atoms with Crippen LogP contribution in [0.3, 0.4) is 0 Å². The van der Waals surface area contributed by atoms with E-state index < -0.39 is 35.1 Å². The molecule has 0 aliphatic carbocycles. The van der Waals surface area contributed by atoms with Gasteiger partial charge in [0.25, 0.3) is 5.76 Å². The third kappa shape index (κ3) is 2.33. The van der Waals surface area contributed by atoms with Crippen molar-refractivity contribution in [3.05, 3.63) is 23.6 Å². The molecule has 19 heavy (non-hydrogen) atoms. The van der Waals surface area contributed by atoms with Crippen molar-refractivity contribution in [3.8, 4) is 5.75 Å². The molecule has 0 radical (unpaired) electrons. The van der Waals surface area contributed by atoms with E-state index in [0.717, 1.165) is 6.07 Å². The van der Waals surface area contributed by atoms with E-state index in [4.69, 9.17) is 4.42 Å². The van der Waals surface area contributed by atoms with Gasteiger partial charge in [-0.1, -0.05) is 0 Å². The van der Waals surface area contributed by atoms with Crippen LogP contribution in [0.5, 0.6) is 5.75 Å². The Morgan fingerprint density at radius 1 is 1.47 bits per heavy atom. The van der Waals surface area contributed by atoms with Crippen molar-refractivity contribution in [1.82, 2.24) is 4.98 Å². The molecule has 2 rings (SSSR count). The molecule has 8 heteroatoms. The van der Waals surface area contributed by atoms with Crippen LogP contribution in [0, 0.1) is 0 Å². The molecule has 0 aromatic carbocycles. The smallest absolute Gasteiger partial charge is 0.433 e. The van der Waals surface area contributed by atoms with E-state index in [9.17, 15) is 23.1 Å². The summed E-state index contributed by atoms with van der Waals surface area (Å²) in [7, 11) is 0. The van der Waals surface area contributed by atoms with Gasteiger partial charge in [0.05, 0.1) is 12.0 Å². The lowest BCUT2D eigenvalue weighted by Crippen LogP contribution is -2.07. The number of rotatable bonds is 2. The molecule has 0 saturated carbocycles. The third-order valence-corrected chi connectivity index (χ3v) is 2.28. The summed E-state index contributed by atoms with van der Waals surface area (Å²) in [6.45, 7) is 1.58. The van der Waals surface area contributed by atoms with Crippen molar-refractivity contribution in [2.75, 3.05) is 6.61 Å². The number of aromatic nitrogens is 1. The van der Waals surface area contributed by atoms with Crippen LogP contribution >= 0.6 is 0 Å². The van der Waals surface area contributed by atoms with Gasteiger partial charge in [-0.2, -0.15) is 13.2 Å². The van der Waals surface area contributed by atoms with E-state index in [-0.39, 0.29) is 12.0 Å². The third-order valence-electron chi connectivity index (χ3n) is 2.28. The lowest BCUT2D eigenvalue weighted by atomic mass is 10.2. The lowest BCUT2D eigenvalue weighted by Gasteiger charge is -2.03. The zero-order valence-corrected chi connectivity index (χ0v) is 9.61. The zero-order valence-electron chi connectivity index (χ0n) is 9.61. The molecule has 0 atom stereocenters. The predicted molar refractivity (Wildman–Crippen MR) is 56.6 cm³/mol. The number of fused-ring (bicyclic) bond motifs is 1. The van der Waals surface area contributed by atoms with Gasteiger partial charge in [0, 0.05) is 0 Å². The number of nitrogens with zero attached hydrogens (tertiary/aromatic N) is 1. The maximum atomic E-state index is 12.4. The van der Waals surface area contributed by atoms with Crippen LogP contribution in [0.25, 0.3) is 11.1 Å². The van der Waals surface area contributed by atoms with Gasteiger partial charge in [0.15, 0.2) is 5.75 Å². The van der Waals surface area contributed by atoms with Gasteiger partial charge >= 0.3 is 12.1 Å². The normalized spacial score (nSPS) is 11.8. The second-order valence-electron chi connectivity index (χ2n) is 3.55. The number of hydrogen-bond donors (Lipinski definition) is 1. The molecule has 0 spiro atoms. The van der Waals surface area contributed by atoms with Crippen molar-refractivity contribution in [3.63, 3.8) is 0 Å². The Balaban J connectivity index is 2.54. The maximum absolute atomic E-state index is 12.4. The number of aromatic hydroxyl groups is 1. The number of pyridine rings is 1. The number of carbonyl (C=O) groups excluding carboxylic acids is 1. The summed E-state index contributed by atoms with van der Waals surface area (Å²) in [5.41, 5.74) is -1.65. The summed E-state index contributed by atoms with van der Waals surface area (Å²) in [6, 6.07) is 1.67. The molecule has 0 amide bonds. The average molecular weight is 275 g/mol. The molecule has 5 nitrogen and oxygen atoms in total. The number of halogens is 3. The van der Waals surface area contributed by atoms with E-state index in [0.29, 0.717) is 6.07 Å². The number of alkyl halides is 3. The van der Waals surface area contributed by atoms with Gasteiger partial charge in [-0.05, 0) is 19.1 Å². The van der Waals surface area contributed by atoms with Crippen LogP contribution in [0.1, 0.15) is 23.2 Å². The highest BCUT2D eigenvalue weighted by Gasteiger charge is 2.34. The molecular weight excluding hydrogens is 267 g/mol. The fraction of sp³-hybridized carbons (Fsp3) is 0.273. The monoisotopic (exact) mass is 275 g/mol. The summed E-state index contributed by atoms with van der Waals surface area (Å²) >= 11 is 0. The molecule has 1 N–H and O–H groups in total. The highest BCUT2D eigenvalue weighted by atomic mass is 19.4. The zero-order chi connectivity index (χ0) is 14.2. The van der Waals surface area contributed by atoms with Crippen LogP contribution in [-0.4, -0.2) is 22.7 Å². The number of esters is 1. The van der Waals surface area contributed by atoms with Crippen molar-refractivity contribution in [2.24, 2.45) is 0 Å². The van der Waals surface area contributed by atoms with Gasteiger partial charge < -0.3 is 14.3 Å². The first kappa shape index (κ1) is 13.2. The number of furan rings is 1. The van der Waals surface area contributed by atoms with Gasteiger partial charge in [0.1, 0.15) is 5.69 Å². The Hall–Kier alpha value is -2.25. The molecule has 2 aromatic heterocycles. The minimum absolute atomic E-state index is 0.0382. The van der Waals surface area contributed by atoms with Crippen LogP contribution in [0.2, 0.25) is 0 Å². The Labute approximate surface area is 104 Å². The summed E-state index contributed by atoms with van der Waals surface area (Å²) in [4.78, 5) is 14.6. The first-order valence-corrected chi connectivity index (χ1v) is 5.21. The molecule has 102 valence electrons. The van der Waals surface area contributed by atoms with Crippen LogP contribution in [0.4, 0.5) is 13.2 Å². The van der Waals surface area contributed by atoms with Crippen LogP contribution < -0.4 is 0 Å². The summed E-state index contributed by atoms with van der Waals surface area (Å²) < 4.78 is 46.7. The van der Waals surface area contributed by atoms with E-state index in [1.807, 2.05) is 0 Å². The standard InChI is InChI=1S/C11H8F3NO4/c1-2-18-10(17)8-7(16)5-3-4-6(11(12,13)14)15-9(5)19-8/h3-4,16H,2H2,1H3. The highest BCUT2D eigenvalue weighted by molar-refractivity contribution is 5.97. The summed E-state index contributed by atoms with van der Waals surface area (Å²) in [5, 5.41) is 9.58. The molecular formula is C11H8F3NO4. The molecule has 0 aliphatic rings. The number of hydrogen-bond acceptors (Lipinski definition) is 5. The topological polar surface area (TPSA) is 72.6 Å². The first-order valence-electron chi connectivity index (χ1n) is 5.21. The Morgan fingerprint density at radius 3 is 2.74 bits per heavy atom. The van der Waals surface area contributed by atoms with Gasteiger partial charge in [-0.3, -0.25) is 0 Å². The Bertz CT molecular complexity index is 633. The van der Waals surface area contributed by atoms with Gasteiger partial charge in [0.2, 0.25) is 5.71 Å². The highest BCUT2D eigenvalue weighted by Crippen LogP contribution is 2.35. The quantitative estimate of drug-likeness (QED) is 0.853. The van der Waals surface area contributed by atoms with E-state index >= 15 is 0 Å². The number of ether oxygens (including phenoxy) is 1. The molecule has 0 saturated heterocycles. The molecule has 2 aromatic rings. The Kier molecular flexibility index (Phi) is 3.09. The maximum Gasteiger partial charge on any atom is 0.433 e. The fourth-order valence-corrected chi connectivity index (χ4v) is 1.46. The van der Waals surface area contributed by atoms with Gasteiger partial charge in [-0.15, -0.1) is 0 Å². The average Bonchev–Trinajstić information content (AvgIpc) is 2.66. The fourth-order valence-electron chi connectivity index (χ4n) is 1.46. The first-order chi connectivity index (χ1) is 8.84. The SMILES string of the molecule is CCOC(=O)c1oc2nc(C(F)(F)F)ccc2c1O. The second-order valence-corrected chi connectivity index (χ2v) is 3.55. The molecule has 0 fully saturated rings. The summed E-state index contributed by atoms with van der Waals surface area (Å²) in [5.74, 6) is -2.12. The van der Waals surface area contributed by atoms with E-state index in [2.05, 4.69) is 9.72 Å². The molecule has 2 heterocycles. The summed E-state index contributed by atoms with van der Waals surface area (Å²) in [6.07, 6.45) is -4.64. The second kappa shape index (κ2) is 4.45. The van der Waals surface area contributed by atoms with Crippen LogP contribution in [-0.2, 0) is 10.9 Å². The van der Waals surface area contributed by atoms with Crippen LogP contribution in [0.15, 0.2) is 16.5 Å². The van der Waals surface area contributed by atoms with E-state index in [1.165, 1.54) is 6.92 Å². The van der Waals surface area contributed by atoms with Crippen molar-refractivity contribution in [1.29, 1.82) is 0 Å². The Morgan fingerprint density at radius 2 is 2.16 bits per heavy atom. The largest absolute Gasteiger partial charge is 0.503 e. The predicted octanol–water partition coefficient (Wildman–Crippen LogP) is 2.73. The van der Waals surface area contributed by atoms with Crippen molar-refractivity contribution >= 4 is 17.1 Å². The molecule has 0 unspecified atom stereocenters. The molecule has 0 bridgehead atoms. The minimum atomic E-state index is -4.64. The van der Waals surface area contributed by atoms with E-state index in [1.54, 1.807) is 0 Å². The number of carbonyl (C=O) groups is 1. The van der Waals surface area contributed by atoms with Crippen molar-refractivity contribution in [2.45, 2.75) is 13.1 Å².